The van der Waals surface area contributed by atoms with Crippen LogP contribution in [0.2, 0.25) is 0 Å². The highest BCUT2D eigenvalue weighted by Gasteiger charge is 2.38. The number of ether oxygens (including phenoxy) is 1. The molecule has 7 heteroatoms. The van der Waals surface area contributed by atoms with Gasteiger partial charge in [0.15, 0.2) is 0 Å². The summed E-state index contributed by atoms with van der Waals surface area (Å²) in [6, 6.07) is 10.6. The van der Waals surface area contributed by atoms with Crippen molar-refractivity contribution >= 4 is 11.6 Å². The minimum atomic E-state index is -0.0637. The molecule has 1 aromatic carbocycles. The van der Waals surface area contributed by atoms with Crippen LogP contribution < -0.4 is 14.5 Å². The summed E-state index contributed by atoms with van der Waals surface area (Å²) in [6.45, 7) is 4.06. The zero-order valence-electron chi connectivity index (χ0n) is 18.3. The Morgan fingerprint density at radius 1 is 0.625 bits per heavy atom. The summed E-state index contributed by atoms with van der Waals surface area (Å²) in [5, 5.41) is 0. The molecule has 0 atom stereocenters. The van der Waals surface area contributed by atoms with Crippen LogP contribution in [0.5, 0.6) is 11.8 Å². The Kier molecular flexibility index (Phi) is 5.09. The van der Waals surface area contributed by atoms with Gasteiger partial charge in [-0.05, 0) is 44.1 Å². The number of aromatic nitrogens is 4. The van der Waals surface area contributed by atoms with E-state index in [4.69, 9.17) is 14.7 Å². The molecule has 0 aliphatic carbocycles. The normalized spacial score (nSPS) is 18.6. The Bertz CT molecular complexity index is 1030. The Morgan fingerprint density at radius 2 is 1.12 bits per heavy atom. The largest absolute Gasteiger partial charge is 0.420 e. The lowest BCUT2D eigenvalue weighted by atomic mass is 9.84. The van der Waals surface area contributed by atoms with E-state index >= 15 is 0 Å². The monoisotopic (exact) mass is 428 g/mol. The summed E-state index contributed by atoms with van der Waals surface area (Å²) in [5.74, 6) is 3.15. The fraction of sp³-hybridized carbons (Fsp3) is 0.440. The molecule has 0 bridgehead atoms. The molecule has 2 saturated heterocycles. The van der Waals surface area contributed by atoms with E-state index in [0.29, 0.717) is 11.8 Å². The molecule has 0 spiro atoms. The smallest absolute Gasteiger partial charge is 0.230 e. The van der Waals surface area contributed by atoms with Gasteiger partial charge in [-0.1, -0.05) is 30.3 Å². The molecule has 3 aliphatic rings. The number of hydrogen-bond acceptors (Lipinski definition) is 7. The summed E-state index contributed by atoms with van der Waals surface area (Å²) in [5.41, 5.74) is 3.28. The van der Waals surface area contributed by atoms with Gasteiger partial charge in [-0.3, -0.25) is 0 Å². The van der Waals surface area contributed by atoms with Crippen LogP contribution in [-0.2, 0) is 0 Å². The van der Waals surface area contributed by atoms with Gasteiger partial charge in [0.2, 0.25) is 11.8 Å². The lowest BCUT2D eigenvalue weighted by Gasteiger charge is -2.36. The van der Waals surface area contributed by atoms with Crippen LogP contribution >= 0.6 is 0 Å². The third-order valence-electron chi connectivity index (χ3n) is 6.87. The Morgan fingerprint density at radius 3 is 1.62 bits per heavy atom. The zero-order valence-corrected chi connectivity index (χ0v) is 18.3. The molecule has 6 rings (SSSR count). The number of piperidine rings is 2. The van der Waals surface area contributed by atoms with E-state index in [1.54, 1.807) is 12.7 Å². The van der Waals surface area contributed by atoms with E-state index in [9.17, 15) is 0 Å². The number of fused-ring (bicyclic) bond motifs is 2. The summed E-state index contributed by atoms with van der Waals surface area (Å²) in [4.78, 5) is 23.5. The number of nitrogens with zero attached hydrogens (tertiary/aromatic N) is 6. The minimum absolute atomic E-state index is 0.0637. The molecular formula is C25H28N6O. The van der Waals surface area contributed by atoms with E-state index in [2.05, 4.69) is 50.1 Å². The Labute approximate surface area is 188 Å². The minimum Gasteiger partial charge on any atom is -0.420 e. The van der Waals surface area contributed by atoms with Gasteiger partial charge in [-0.2, -0.15) is 0 Å². The van der Waals surface area contributed by atoms with Crippen LogP contribution in [0.3, 0.4) is 0 Å². The standard InChI is InChI=1S/C25H28N6O/c1-4-10-18(11-5-1)19-20-22(30-12-6-2-7-13-30)26-16-28-24(20)32-25-21(19)23(27-17-29-25)31-14-8-3-9-15-31/h1,4-5,10-11,16-17,19H,2-3,6-9,12-15H2. The van der Waals surface area contributed by atoms with E-state index in [-0.39, 0.29) is 5.92 Å². The average Bonchev–Trinajstić information content (AvgIpc) is 2.88. The van der Waals surface area contributed by atoms with Gasteiger partial charge in [-0.25, -0.2) is 19.9 Å². The lowest BCUT2D eigenvalue weighted by molar-refractivity contribution is 0.411. The van der Waals surface area contributed by atoms with Crippen LogP contribution in [0.1, 0.15) is 61.1 Å². The van der Waals surface area contributed by atoms with Crippen molar-refractivity contribution in [3.8, 4) is 11.8 Å². The molecule has 2 fully saturated rings. The van der Waals surface area contributed by atoms with Crippen molar-refractivity contribution in [1.82, 2.24) is 19.9 Å². The van der Waals surface area contributed by atoms with E-state index in [0.717, 1.165) is 48.9 Å². The highest BCUT2D eigenvalue weighted by Crippen LogP contribution is 2.51. The second-order valence-electron chi connectivity index (χ2n) is 8.87. The topological polar surface area (TPSA) is 67.3 Å². The predicted octanol–water partition coefficient (Wildman–Crippen LogP) is 4.53. The van der Waals surface area contributed by atoms with Crippen LogP contribution in [0, 0.1) is 0 Å². The predicted molar refractivity (Wildman–Crippen MR) is 124 cm³/mol. The lowest BCUT2D eigenvalue weighted by Crippen LogP contribution is -2.34. The quantitative estimate of drug-likeness (QED) is 0.475. The summed E-state index contributed by atoms with van der Waals surface area (Å²) in [6.07, 6.45) is 10.6. The fourth-order valence-electron chi connectivity index (χ4n) is 5.34. The van der Waals surface area contributed by atoms with Gasteiger partial charge < -0.3 is 14.5 Å². The van der Waals surface area contributed by atoms with Gasteiger partial charge in [0.05, 0.1) is 17.0 Å². The van der Waals surface area contributed by atoms with Crippen molar-refractivity contribution in [2.24, 2.45) is 0 Å². The third kappa shape index (κ3) is 3.36. The Hall–Kier alpha value is -3.22. The molecule has 164 valence electrons. The summed E-state index contributed by atoms with van der Waals surface area (Å²) in [7, 11) is 0. The van der Waals surface area contributed by atoms with Crippen LogP contribution in [0.4, 0.5) is 11.6 Å². The van der Waals surface area contributed by atoms with E-state index in [1.807, 2.05) is 0 Å². The van der Waals surface area contributed by atoms with Gasteiger partial charge in [-0.15, -0.1) is 0 Å². The molecule has 0 N–H and O–H groups in total. The molecule has 7 nitrogen and oxygen atoms in total. The van der Waals surface area contributed by atoms with Gasteiger partial charge in [0.25, 0.3) is 0 Å². The van der Waals surface area contributed by atoms with Crippen molar-refractivity contribution in [1.29, 1.82) is 0 Å². The molecule has 0 radical (unpaired) electrons. The van der Waals surface area contributed by atoms with E-state index < -0.39 is 0 Å². The first-order chi connectivity index (χ1) is 15.9. The number of hydrogen-bond donors (Lipinski definition) is 0. The maximum atomic E-state index is 6.34. The molecule has 3 aliphatic heterocycles. The zero-order chi connectivity index (χ0) is 21.3. The van der Waals surface area contributed by atoms with Crippen molar-refractivity contribution in [2.75, 3.05) is 36.0 Å². The van der Waals surface area contributed by atoms with Crippen molar-refractivity contribution < 1.29 is 4.74 Å². The van der Waals surface area contributed by atoms with Crippen LogP contribution in [0.15, 0.2) is 43.0 Å². The van der Waals surface area contributed by atoms with Crippen molar-refractivity contribution in [3.63, 3.8) is 0 Å². The maximum Gasteiger partial charge on any atom is 0.230 e. The number of benzene rings is 1. The molecule has 3 aromatic rings. The first-order valence-electron chi connectivity index (χ1n) is 11.8. The van der Waals surface area contributed by atoms with Gasteiger partial charge >= 0.3 is 0 Å². The first kappa shape index (κ1) is 19.5. The number of rotatable bonds is 3. The molecule has 2 aromatic heterocycles. The molecule has 32 heavy (non-hydrogen) atoms. The van der Waals surface area contributed by atoms with Crippen LogP contribution in [0.25, 0.3) is 0 Å². The van der Waals surface area contributed by atoms with Crippen molar-refractivity contribution in [3.05, 3.63) is 59.7 Å². The highest BCUT2D eigenvalue weighted by molar-refractivity contribution is 5.69. The van der Waals surface area contributed by atoms with Crippen molar-refractivity contribution in [2.45, 2.75) is 44.4 Å². The summed E-state index contributed by atoms with van der Waals surface area (Å²) >= 11 is 0. The van der Waals surface area contributed by atoms with Gasteiger partial charge in [0, 0.05) is 26.2 Å². The van der Waals surface area contributed by atoms with E-state index in [1.165, 1.54) is 44.1 Å². The molecule has 0 unspecified atom stereocenters. The SMILES string of the molecule is c1ccc(C2c3c(ncnc3N3CCCCC3)Oc3ncnc(N4CCCCC4)c32)cc1. The highest BCUT2D eigenvalue weighted by atomic mass is 16.5. The second kappa shape index (κ2) is 8.37. The average molecular weight is 429 g/mol. The fourth-order valence-corrected chi connectivity index (χ4v) is 5.34. The molecular weight excluding hydrogens is 400 g/mol. The van der Waals surface area contributed by atoms with Gasteiger partial charge in [0.1, 0.15) is 24.3 Å². The first-order valence-corrected chi connectivity index (χ1v) is 11.8. The second-order valence-corrected chi connectivity index (χ2v) is 8.87. The molecule has 5 heterocycles. The number of anilines is 2. The maximum absolute atomic E-state index is 6.34. The Balaban J connectivity index is 1.56. The third-order valence-corrected chi connectivity index (χ3v) is 6.87. The van der Waals surface area contributed by atoms with Crippen LogP contribution in [-0.4, -0.2) is 46.1 Å². The molecule has 0 amide bonds. The summed E-state index contributed by atoms with van der Waals surface area (Å²) < 4.78 is 6.34. The molecule has 0 saturated carbocycles.